The van der Waals surface area contributed by atoms with Crippen molar-refractivity contribution in [1.29, 1.82) is 5.26 Å². The van der Waals surface area contributed by atoms with Crippen LogP contribution in [0.2, 0.25) is 0 Å². The third-order valence-corrected chi connectivity index (χ3v) is 4.73. The molecule has 4 aromatic rings. The predicted molar refractivity (Wildman–Crippen MR) is 122 cm³/mol. The summed E-state index contributed by atoms with van der Waals surface area (Å²) in [5, 5.41) is 17.0. The fourth-order valence-electron chi connectivity index (χ4n) is 3.22. The molecule has 1 N–H and O–H groups in total. The van der Waals surface area contributed by atoms with Crippen LogP contribution in [-0.4, -0.2) is 24.1 Å². The van der Waals surface area contributed by atoms with Crippen LogP contribution in [0.4, 0.5) is 17.2 Å². The number of hydrogen-bond acceptors (Lipinski definition) is 6. The molecule has 8 heteroatoms. The first kappa shape index (κ1) is 19.9. The van der Waals surface area contributed by atoms with E-state index in [1.165, 1.54) is 0 Å². The minimum Gasteiger partial charge on any atom is -0.337 e. The summed E-state index contributed by atoms with van der Waals surface area (Å²) in [6.45, 7) is 5.95. The van der Waals surface area contributed by atoms with E-state index in [2.05, 4.69) is 46.0 Å². The van der Waals surface area contributed by atoms with E-state index in [0.717, 1.165) is 29.1 Å². The van der Waals surface area contributed by atoms with E-state index in [9.17, 15) is 5.26 Å². The zero-order chi connectivity index (χ0) is 21.8. The highest BCUT2D eigenvalue weighted by Gasteiger charge is 2.14. The largest absolute Gasteiger partial charge is 0.337 e. The Bertz CT molecular complexity index is 1290. The van der Waals surface area contributed by atoms with Gasteiger partial charge in [0.05, 0.1) is 18.1 Å². The van der Waals surface area contributed by atoms with E-state index in [-0.39, 0.29) is 5.69 Å². The highest BCUT2D eigenvalue weighted by Crippen LogP contribution is 2.27. The molecule has 31 heavy (non-hydrogen) atoms. The highest BCUT2D eigenvalue weighted by atomic mass is 15.2. The van der Waals surface area contributed by atoms with Crippen molar-refractivity contribution in [3.63, 3.8) is 0 Å². The maximum atomic E-state index is 9.47. The SMILES string of the molecule is C=CN(/C=C\CC)c1ccc(Nc2nc(C#N)cn3c(-c4cnn(C)c4)cnc23)cc1. The van der Waals surface area contributed by atoms with E-state index in [1.807, 2.05) is 53.0 Å². The molecule has 4 rings (SSSR count). The van der Waals surface area contributed by atoms with Gasteiger partial charge in [-0.2, -0.15) is 10.4 Å². The molecule has 3 heterocycles. The third kappa shape index (κ3) is 4.02. The van der Waals surface area contributed by atoms with Crippen molar-refractivity contribution in [3.05, 3.63) is 79.8 Å². The molecule has 0 fully saturated rings. The van der Waals surface area contributed by atoms with Gasteiger partial charge >= 0.3 is 0 Å². The zero-order valence-corrected chi connectivity index (χ0v) is 17.4. The molecule has 0 bridgehead atoms. The molecule has 0 saturated heterocycles. The first-order valence-corrected chi connectivity index (χ1v) is 9.84. The minimum atomic E-state index is 0.289. The van der Waals surface area contributed by atoms with Crippen molar-refractivity contribution in [1.82, 2.24) is 24.1 Å². The standard InChI is InChI=1S/C23H22N8/c1-4-6-11-30(5-2)20-9-7-18(8-10-20)27-22-23-25-14-21(17-13-26-29(3)15-17)31(23)16-19(12-24)28-22/h5-11,13-16H,2,4H2,1,3H3,(H,27,28)/b11-6-. The Morgan fingerprint density at radius 3 is 2.68 bits per heavy atom. The van der Waals surface area contributed by atoms with Gasteiger partial charge in [0.25, 0.3) is 0 Å². The van der Waals surface area contributed by atoms with Crippen LogP contribution in [0.3, 0.4) is 0 Å². The lowest BCUT2D eigenvalue weighted by molar-refractivity contribution is 0.768. The summed E-state index contributed by atoms with van der Waals surface area (Å²) in [6, 6.07) is 10.0. The summed E-state index contributed by atoms with van der Waals surface area (Å²) in [5.74, 6) is 0.508. The maximum Gasteiger partial charge on any atom is 0.181 e. The molecule has 0 atom stereocenters. The highest BCUT2D eigenvalue weighted by molar-refractivity contribution is 5.75. The molecule has 1 aromatic carbocycles. The fraction of sp³-hybridized carbons (Fsp3) is 0.130. The second-order valence-electron chi connectivity index (χ2n) is 6.88. The molecule has 154 valence electrons. The zero-order valence-electron chi connectivity index (χ0n) is 17.4. The van der Waals surface area contributed by atoms with Crippen molar-refractivity contribution < 1.29 is 0 Å². The summed E-state index contributed by atoms with van der Waals surface area (Å²) in [5.41, 5.74) is 4.49. The Morgan fingerprint density at radius 2 is 2.03 bits per heavy atom. The lowest BCUT2D eigenvalue weighted by Gasteiger charge is -2.16. The van der Waals surface area contributed by atoms with Crippen LogP contribution in [0, 0.1) is 11.3 Å². The molecule has 0 aliphatic heterocycles. The number of aryl methyl sites for hydroxylation is 1. The average molecular weight is 410 g/mol. The van der Waals surface area contributed by atoms with Gasteiger partial charge in [0.1, 0.15) is 6.07 Å². The summed E-state index contributed by atoms with van der Waals surface area (Å²) < 4.78 is 3.58. The van der Waals surface area contributed by atoms with Crippen LogP contribution in [0.25, 0.3) is 16.9 Å². The Labute approximate surface area is 180 Å². The number of nitrogens with one attached hydrogen (secondary N) is 1. The Kier molecular flexibility index (Phi) is 5.49. The number of rotatable bonds is 7. The summed E-state index contributed by atoms with van der Waals surface area (Å²) >= 11 is 0. The van der Waals surface area contributed by atoms with Gasteiger partial charge in [-0.1, -0.05) is 19.6 Å². The molecule has 3 aromatic heterocycles. The number of nitrogens with zero attached hydrogens (tertiary/aromatic N) is 7. The number of hydrogen-bond donors (Lipinski definition) is 1. The second-order valence-corrected chi connectivity index (χ2v) is 6.88. The van der Waals surface area contributed by atoms with Crippen molar-refractivity contribution in [2.75, 3.05) is 10.2 Å². The molecular formula is C23H22N8. The van der Waals surface area contributed by atoms with Gasteiger partial charge in [0, 0.05) is 48.8 Å². The monoisotopic (exact) mass is 410 g/mol. The van der Waals surface area contributed by atoms with E-state index < -0.39 is 0 Å². The molecule has 0 unspecified atom stereocenters. The molecule has 0 spiro atoms. The Balaban J connectivity index is 1.68. The van der Waals surface area contributed by atoms with Gasteiger partial charge in [0.15, 0.2) is 17.2 Å². The molecular weight excluding hydrogens is 388 g/mol. The topological polar surface area (TPSA) is 87.1 Å². The molecule has 0 aliphatic rings. The number of anilines is 3. The van der Waals surface area contributed by atoms with Gasteiger partial charge in [-0.3, -0.25) is 9.08 Å². The summed E-state index contributed by atoms with van der Waals surface area (Å²) in [6.07, 6.45) is 13.9. The summed E-state index contributed by atoms with van der Waals surface area (Å²) in [7, 11) is 1.86. The number of nitriles is 1. The number of aromatic nitrogens is 5. The first-order chi connectivity index (χ1) is 15.1. The smallest absolute Gasteiger partial charge is 0.181 e. The van der Waals surface area contributed by atoms with Crippen LogP contribution < -0.4 is 10.2 Å². The van der Waals surface area contributed by atoms with Gasteiger partial charge in [-0.05, 0) is 30.7 Å². The van der Waals surface area contributed by atoms with Crippen LogP contribution >= 0.6 is 0 Å². The van der Waals surface area contributed by atoms with E-state index in [4.69, 9.17) is 0 Å². The van der Waals surface area contributed by atoms with Crippen molar-refractivity contribution in [2.45, 2.75) is 13.3 Å². The molecule has 0 amide bonds. The van der Waals surface area contributed by atoms with Crippen LogP contribution in [0.5, 0.6) is 0 Å². The lowest BCUT2D eigenvalue weighted by atomic mass is 10.2. The number of benzene rings is 1. The maximum absolute atomic E-state index is 9.47. The van der Waals surface area contributed by atoms with Crippen LogP contribution in [-0.2, 0) is 7.05 Å². The Morgan fingerprint density at radius 1 is 1.23 bits per heavy atom. The second kappa shape index (κ2) is 8.55. The van der Waals surface area contributed by atoms with Crippen LogP contribution in [0.15, 0.2) is 74.1 Å². The lowest BCUT2D eigenvalue weighted by Crippen LogP contribution is -2.06. The van der Waals surface area contributed by atoms with Crippen molar-refractivity contribution in [3.8, 4) is 17.3 Å². The predicted octanol–water partition coefficient (Wildman–Crippen LogP) is 4.62. The van der Waals surface area contributed by atoms with Gasteiger partial charge < -0.3 is 10.2 Å². The first-order valence-electron chi connectivity index (χ1n) is 9.84. The Hall–Kier alpha value is -4.38. The normalized spacial score (nSPS) is 11.0. The van der Waals surface area contributed by atoms with Gasteiger partial charge in [-0.25, -0.2) is 9.97 Å². The number of fused-ring (bicyclic) bond motifs is 1. The quantitative estimate of drug-likeness (QED) is 0.478. The average Bonchev–Trinajstić information content (AvgIpc) is 3.41. The van der Waals surface area contributed by atoms with E-state index in [0.29, 0.717) is 11.5 Å². The molecule has 0 radical (unpaired) electrons. The van der Waals surface area contributed by atoms with Crippen LogP contribution in [0.1, 0.15) is 19.0 Å². The number of allylic oxidation sites excluding steroid dienone is 1. The fourth-order valence-corrected chi connectivity index (χ4v) is 3.22. The van der Waals surface area contributed by atoms with E-state index in [1.54, 1.807) is 29.5 Å². The van der Waals surface area contributed by atoms with Crippen molar-refractivity contribution in [2.24, 2.45) is 7.05 Å². The van der Waals surface area contributed by atoms with E-state index >= 15 is 0 Å². The minimum absolute atomic E-state index is 0.289. The molecule has 8 nitrogen and oxygen atoms in total. The molecule has 0 saturated carbocycles. The van der Waals surface area contributed by atoms with Gasteiger partial charge in [0.2, 0.25) is 0 Å². The molecule has 0 aliphatic carbocycles. The van der Waals surface area contributed by atoms with Gasteiger partial charge in [-0.15, -0.1) is 0 Å². The third-order valence-electron chi connectivity index (χ3n) is 4.73. The van der Waals surface area contributed by atoms with Crippen molar-refractivity contribution >= 4 is 22.8 Å². The summed E-state index contributed by atoms with van der Waals surface area (Å²) in [4.78, 5) is 10.9. The number of imidazole rings is 1.